The number of nitrogens with zero attached hydrogens (tertiary/aromatic N) is 3. The lowest BCUT2D eigenvalue weighted by molar-refractivity contribution is 0.179. The van der Waals surface area contributed by atoms with E-state index in [-0.39, 0.29) is 6.04 Å². The summed E-state index contributed by atoms with van der Waals surface area (Å²) in [5.74, 6) is 0. The predicted molar refractivity (Wildman–Crippen MR) is 111 cm³/mol. The Kier molecular flexibility index (Phi) is 7.14. The van der Waals surface area contributed by atoms with Crippen molar-refractivity contribution in [3.63, 3.8) is 0 Å². The largest absolute Gasteiger partial charge is 0.383 e. The number of aryl methyl sites for hydroxylation is 3. The summed E-state index contributed by atoms with van der Waals surface area (Å²) in [5.41, 5.74) is 7.51. The summed E-state index contributed by atoms with van der Waals surface area (Å²) in [4.78, 5) is 0. The van der Waals surface area contributed by atoms with Crippen molar-refractivity contribution in [2.45, 2.75) is 33.7 Å². The molecule has 140 valence electrons. The van der Waals surface area contributed by atoms with Crippen molar-refractivity contribution < 1.29 is 4.74 Å². The number of rotatable bonds is 6. The smallest absolute Gasteiger partial charge is 0.187 e. The van der Waals surface area contributed by atoms with Crippen LogP contribution in [-0.4, -0.2) is 40.9 Å². The van der Waals surface area contributed by atoms with Crippen LogP contribution in [0.2, 0.25) is 5.15 Å². The van der Waals surface area contributed by atoms with E-state index < -0.39 is 0 Å². The molecule has 0 aliphatic rings. The average Bonchev–Trinajstić information content (AvgIpc) is 2.85. The van der Waals surface area contributed by atoms with Gasteiger partial charge in [0.15, 0.2) is 5.11 Å². The second-order valence-electron chi connectivity index (χ2n) is 6.19. The van der Waals surface area contributed by atoms with Gasteiger partial charge in [0.05, 0.1) is 29.8 Å². The van der Waals surface area contributed by atoms with E-state index in [9.17, 15) is 0 Å². The molecule has 0 fully saturated rings. The van der Waals surface area contributed by atoms with Gasteiger partial charge in [-0.05, 0) is 57.1 Å². The van der Waals surface area contributed by atoms with Crippen molar-refractivity contribution in [1.29, 1.82) is 0 Å². The zero-order chi connectivity index (χ0) is 19.3. The number of methoxy groups -OCH3 is 1. The molecule has 0 unspecified atom stereocenters. The molecule has 26 heavy (non-hydrogen) atoms. The molecule has 0 radical (unpaired) electrons. The molecule has 0 aliphatic carbocycles. The summed E-state index contributed by atoms with van der Waals surface area (Å²) >= 11 is 11.7. The lowest BCUT2D eigenvalue weighted by atomic mass is 10.1. The zero-order valence-corrected chi connectivity index (χ0v) is 17.2. The van der Waals surface area contributed by atoms with E-state index in [1.165, 1.54) is 0 Å². The summed E-state index contributed by atoms with van der Waals surface area (Å²) in [5, 5.41) is 12.7. The van der Waals surface area contributed by atoms with E-state index in [1.54, 1.807) is 18.0 Å². The number of halogens is 1. The lowest BCUT2D eigenvalue weighted by Gasteiger charge is -2.13. The first-order valence-electron chi connectivity index (χ1n) is 8.24. The molecular formula is C18H24ClN5OS. The van der Waals surface area contributed by atoms with Gasteiger partial charge in [0.1, 0.15) is 5.15 Å². The van der Waals surface area contributed by atoms with Crippen molar-refractivity contribution in [1.82, 2.24) is 20.5 Å². The first kappa shape index (κ1) is 20.4. The lowest BCUT2D eigenvalue weighted by Crippen LogP contribution is -2.40. The van der Waals surface area contributed by atoms with Crippen LogP contribution in [0.5, 0.6) is 0 Å². The molecule has 6 nitrogen and oxygen atoms in total. The Morgan fingerprint density at radius 3 is 2.85 bits per heavy atom. The Morgan fingerprint density at radius 1 is 1.42 bits per heavy atom. The van der Waals surface area contributed by atoms with Crippen molar-refractivity contribution in [2.75, 3.05) is 13.7 Å². The normalized spacial score (nSPS) is 12.4. The van der Waals surface area contributed by atoms with Gasteiger partial charge >= 0.3 is 0 Å². The fraction of sp³-hybridized carbons (Fsp3) is 0.389. The Balaban J connectivity index is 2.15. The van der Waals surface area contributed by atoms with Gasteiger partial charge in [0, 0.05) is 13.2 Å². The first-order chi connectivity index (χ1) is 12.3. The number of thiocarbonyl (C=S) groups is 1. The van der Waals surface area contributed by atoms with Gasteiger partial charge in [-0.15, -0.1) is 0 Å². The monoisotopic (exact) mass is 393 g/mol. The summed E-state index contributed by atoms with van der Waals surface area (Å²) in [6, 6.07) is 6.27. The molecule has 1 aromatic carbocycles. The molecule has 2 rings (SSSR count). The molecule has 0 saturated carbocycles. The first-order valence-corrected chi connectivity index (χ1v) is 9.03. The molecule has 0 bridgehead atoms. The minimum Gasteiger partial charge on any atom is -0.383 e. The molecule has 8 heteroatoms. The van der Waals surface area contributed by atoms with Crippen molar-refractivity contribution in [2.24, 2.45) is 5.10 Å². The van der Waals surface area contributed by atoms with Gasteiger partial charge in [-0.1, -0.05) is 23.7 Å². The Labute approximate surface area is 164 Å². The van der Waals surface area contributed by atoms with E-state index in [0.29, 0.717) is 16.9 Å². The summed E-state index contributed by atoms with van der Waals surface area (Å²) in [6.07, 6.45) is 1.63. The van der Waals surface area contributed by atoms with Gasteiger partial charge in [0.2, 0.25) is 0 Å². The molecule has 0 spiro atoms. The number of hydrazone groups is 1. The molecule has 0 saturated heterocycles. The Hall–Kier alpha value is -1.96. The van der Waals surface area contributed by atoms with E-state index in [2.05, 4.69) is 39.1 Å². The molecule has 2 aromatic rings. The van der Waals surface area contributed by atoms with Crippen molar-refractivity contribution in [3.8, 4) is 5.69 Å². The van der Waals surface area contributed by atoms with E-state index in [4.69, 9.17) is 28.6 Å². The summed E-state index contributed by atoms with van der Waals surface area (Å²) in [7, 11) is 1.64. The summed E-state index contributed by atoms with van der Waals surface area (Å²) < 4.78 is 6.79. The fourth-order valence-electron chi connectivity index (χ4n) is 2.47. The number of hydrogen-bond acceptors (Lipinski definition) is 4. The van der Waals surface area contributed by atoms with Gasteiger partial charge < -0.3 is 10.1 Å². The third-order valence-electron chi connectivity index (χ3n) is 3.79. The number of nitrogens with one attached hydrogen (secondary N) is 2. The van der Waals surface area contributed by atoms with Crippen molar-refractivity contribution >= 4 is 35.1 Å². The van der Waals surface area contributed by atoms with Crippen LogP contribution in [0.25, 0.3) is 5.69 Å². The van der Waals surface area contributed by atoms with Crippen molar-refractivity contribution in [3.05, 3.63) is 45.7 Å². The van der Waals surface area contributed by atoms with E-state index in [1.807, 2.05) is 27.7 Å². The zero-order valence-electron chi connectivity index (χ0n) is 15.6. The molecule has 0 aliphatic heterocycles. The minimum absolute atomic E-state index is 0.0903. The highest BCUT2D eigenvalue weighted by Gasteiger charge is 2.15. The minimum atomic E-state index is 0.0903. The number of hydrogen-bond donors (Lipinski definition) is 2. The van der Waals surface area contributed by atoms with Gasteiger partial charge in [-0.3, -0.25) is 5.43 Å². The Bertz CT molecular complexity index is 818. The maximum atomic E-state index is 6.55. The van der Waals surface area contributed by atoms with Crippen LogP contribution in [0.15, 0.2) is 23.3 Å². The van der Waals surface area contributed by atoms with Crippen LogP contribution in [0, 0.1) is 20.8 Å². The van der Waals surface area contributed by atoms with Crippen LogP contribution >= 0.6 is 23.8 Å². The predicted octanol–water partition coefficient (Wildman–Crippen LogP) is 3.28. The van der Waals surface area contributed by atoms with Gasteiger partial charge in [-0.2, -0.15) is 10.2 Å². The highest BCUT2D eigenvalue weighted by atomic mass is 35.5. The maximum Gasteiger partial charge on any atom is 0.187 e. The number of aromatic nitrogens is 2. The van der Waals surface area contributed by atoms with Crippen LogP contribution in [0.3, 0.4) is 0 Å². The standard InChI is InChI=1S/C18H24ClN5OS/c1-11-6-7-12(2)16(8-11)24-17(19)15(14(4)23-24)9-20-22-18(26)21-13(3)10-25-5/h6-9,13H,10H2,1-5H3,(H2,21,22,26)/b20-9-/t13-/m1/s1. The van der Waals surface area contributed by atoms with E-state index >= 15 is 0 Å². The third-order valence-corrected chi connectivity index (χ3v) is 4.37. The van der Waals surface area contributed by atoms with Crippen LogP contribution in [0.1, 0.15) is 29.3 Å². The molecule has 1 aromatic heterocycles. The van der Waals surface area contributed by atoms with Gasteiger partial charge in [-0.25, -0.2) is 4.68 Å². The highest BCUT2D eigenvalue weighted by molar-refractivity contribution is 7.80. The third kappa shape index (κ3) is 5.03. The quantitative estimate of drug-likeness (QED) is 0.448. The summed E-state index contributed by atoms with van der Waals surface area (Å²) in [6.45, 7) is 8.49. The molecular weight excluding hydrogens is 370 g/mol. The number of benzene rings is 1. The average molecular weight is 394 g/mol. The van der Waals surface area contributed by atoms with Gasteiger partial charge in [0.25, 0.3) is 0 Å². The molecule has 1 atom stereocenters. The maximum absolute atomic E-state index is 6.55. The van der Waals surface area contributed by atoms with Crippen LogP contribution in [0.4, 0.5) is 0 Å². The Morgan fingerprint density at radius 2 is 2.15 bits per heavy atom. The van der Waals surface area contributed by atoms with Crippen LogP contribution < -0.4 is 10.7 Å². The van der Waals surface area contributed by atoms with Crippen LogP contribution in [-0.2, 0) is 4.74 Å². The molecule has 0 amide bonds. The second-order valence-corrected chi connectivity index (χ2v) is 6.96. The fourth-order valence-corrected chi connectivity index (χ4v) is 3.04. The topological polar surface area (TPSA) is 63.5 Å². The molecule has 1 heterocycles. The van der Waals surface area contributed by atoms with E-state index in [0.717, 1.165) is 28.1 Å². The second kappa shape index (κ2) is 9.12. The molecule has 2 N–H and O–H groups in total. The number of ether oxygens (including phenoxy) is 1. The highest BCUT2D eigenvalue weighted by Crippen LogP contribution is 2.24. The SMILES string of the molecule is COC[C@@H](C)NC(=S)N/N=C\c1c(C)nn(-c2cc(C)ccc2C)c1Cl.